The average molecular weight is 310 g/mol. The molecule has 0 heterocycles. The second kappa shape index (κ2) is 6.60. The molecular formula is C12H11ClF3NO3. The van der Waals surface area contributed by atoms with Gasteiger partial charge in [0.25, 0.3) is 5.91 Å². The number of carbonyl (C=O) groups is 2. The summed E-state index contributed by atoms with van der Waals surface area (Å²) >= 11 is 5.61. The molecule has 8 heteroatoms. The molecule has 0 aromatic heterocycles. The molecule has 0 aliphatic carbocycles. The van der Waals surface area contributed by atoms with Crippen molar-refractivity contribution in [2.24, 2.45) is 0 Å². The molecule has 0 aliphatic heterocycles. The average Bonchev–Trinajstić information content (AvgIpc) is 2.42. The summed E-state index contributed by atoms with van der Waals surface area (Å²) in [6, 6.07) is 3.68. The Morgan fingerprint density at radius 1 is 1.30 bits per heavy atom. The van der Waals surface area contributed by atoms with E-state index in [1.54, 1.807) is 0 Å². The van der Waals surface area contributed by atoms with Crippen LogP contribution >= 0.6 is 11.6 Å². The van der Waals surface area contributed by atoms with Crippen LogP contribution in [-0.2, 0) is 15.7 Å². The number of benzene rings is 1. The smallest absolute Gasteiger partial charge is 0.416 e. The van der Waals surface area contributed by atoms with E-state index in [9.17, 15) is 22.8 Å². The van der Waals surface area contributed by atoms with Gasteiger partial charge in [0.15, 0.2) is 0 Å². The van der Waals surface area contributed by atoms with Gasteiger partial charge in [-0.1, -0.05) is 0 Å². The second-order valence-corrected chi connectivity index (χ2v) is 4.30. The molecule has 0 spiro atoms. The predicted molar refractivity (Wildman–Crippen MR) is 65.4 cm³/mol. The van der Waals surface area contributed by atoms with Crippen LogP contribution in [0, 0.1) is 0 Å². The van der Waals surface area contributed by atoms with E-state index in [1.807, 2.05) is 0 Å². The van der Waals surface area contributed by atoms with Gasteiger partial charge in [-0.05, 0) is 24.3 Å². The molecule has 1 aromatic rings. The number of alkyl halides is 4. The van der Waals surface area contributed by atoms with E-state index in [4.69, 9.17) is 11.6 Å². The van der Waals surface area contributed by atoms with Crippen molar-refractivity contribution in [3.63, 3.8) is 0 Å². The Kier molecular flexibility index (Phi) is 5.38. The molecule has 1 atom stereocenters. The molecule has 1 amide bonds. The highest BCUT2D eigenvalue weighted by molar-refractivity contribution is 6.30. The summed E-state index contributed by atoms with van der Waals surface area (Å²) < 4.78 is 41.4. The highest BCUT2D eigenvalue weighted by Gasteiger charge is 2.30. The first-order valence-corrected chi connectivity index (χ1v) is 5.86. The van der Waals surface area contributed by atoms with Crippen LogP contribution in [0.1, 0.15) is 15.9 Å². The van der Waals surface area contributed by atoms with E-state index in [2.05, 4.69) is 10.1 Å². The fourth-order valence-electron chi connectivity index (χ4n) is 1.31. The summed E-state index contributed by atoms with van der Waals surface area (Å²) in [5.74, 6) is -1.34. The first-order valence-electron chi connectivity index (χ1n) is 5.43. The van der Waals surface area contributed by atoms with E-state index in [0.29, 0.717) is 0 Å². The number of carbonyl (C=O) groups excluding carboxylic acids is 2. The summed E-state index contributed by atoms with van der Waals surface area (Å²) in [5.41, 5.74) is -0.814. The first kappa shape index (κ1) is 16.3. The molecule has 0 bridgehead atoms. The Morgan fingerprint density at radius 3 is 2.30 bits per heavy atom. The summed E-state index contributed by atoms with van der Waals surface area (Å²) in [5, 5.41) is 1.26. The Hall–Kier alpha value is -1.76. The van der Waals surface area contributed by atoms with Crippen molar-refractivity contribution >= 4 is 23.5 Å². The van der Waals surface area contributed by atoms with Gasteiger partial charge in [0.2, 0.25) is 0 Å². The molecule has 110 valence electrons. The molecule has 0 saturated carbocycles. The maximum atomic E-state index is 12.3. The van der Waals surface area contributed by atoms with Gasteiger partial charge in [0.05, 0.1) is 12.7 Å². The minimum Gasteiger partial charge on any atom is -0.468 e. The zero-order valence-corrected chi connectivity index (χ0v) is 11.1. The molecular weight excluding hydrogens is 299 g/mol. The number of hydrogen-bond donors (Lipinski definition) is 1. The standard InChI is InChI=1S/C12H11ClF3NO3/c1-20-11(19)9(13)6-17-10(18)7-2-4-8(5-3-7)12(14,15)16/h2-5,9H,6H2,1H3,(H,17,18). The van der Waals surface area contributed by atoms with Crippen LogP contribution in [0.3, 0.4) is 0 Å². The monoisotopic (exact) mass is 309 g/mol. The van der Waals surface area contributed by atoms with Crippen molar-refractivity contribution in [3.8, 4) is 0 Å². The van der Waals surface area contributed by atoms with Gasteiger partial charge in [-0.3, -0.25) is 9.59 Å². The Morgan fingerprint density at radius 2 is 1.85 bits per heavy atom. The van der Waals surface area contributed by atoms with Crippen molar-refractivity contribution in [2.45, 2.75) is 11.6 Å². The van der Waals surface area contributed by atoms with E-state index in [-0.39, 0.29) is 12.1 Å². The lowest BCUT2D eigenvalue weighted by Gasteiger charge is -2.10. The SMILES string of the molecule is COC(=O)C(Cl)CNC(=O)c1ccc(C(F)(F)F)cc1. The quantitative estimate of drug-likeness (QED) is 0.685. The Balaban J connectivity index is 2.63. The summed E-state index contributed by atoms with van der Waals surface area (Å²) in [6.07, 6.45) is -4.46. The lowest BCUT2D eigenvalue weighted by atomic mass is 10.1. The number of ether oxygens (including phenoxy) is 1. The van der Waals surface area contributed by atoms with Crippen LogP contribution < -0.4 is 5.32 Å². The van der Waals surface area contributed by atoms with Gasteiger partial charge in [-0.2, -0.15) is 13.2 Å². The van der Waals surface area contributed by atoms with E-state index in [0.717, 1.165) is 31.4 Å². The summed E-state index contributed by atoms with van der Waals surface area (Å²) in [4.78, 5) is 22.6. The topological polar surface area (TPSA) is 55.4 Å². The fourth-order valence-corrected chi connectivity index (χ4v) is 1.47. The van der Waals surface area contributed by atoms with Crippen LogP contribution in [0.15, 0.2) is 24.3 Å². The number of amides is 1. The molecule has 1 N–H and O–H groups in total. The maximum Gasteiger partial charge on any atom is 0.416 e. The minimum atomic E-state index is -4.46. The zero-order chi connectivity index (χ0) is 15.3. The van der Waals surface area contributed by atoms with E-state index < -0.39 is 29.0 Å². The van der Waals surface area contributed by atoms with Crippen molar-refractivity contribution in [3.05, 3.63) is 35.4 Å². The summed E-state index contributed by atoms with van der Waals surface area (Å²) in [6.45, 7) is -0.186. The van der Waals surface area contributed by atoms with Gasteiger partial charge in [0, 0.05) is 12.1 Å². The van der Waals surface area contributed by atoms with Crippen LogP contribution in [0.2, 0.25) is 0 Å². The Bertz CT molecular complexity index is 488. The highest BCUT2D eigenvalue weighted by atomic mass is 35.5. The van der Waals surface area contributed by atoms with Gasteiger partial charge in [0.1, 0.15) is 5.38 Å². The van der Waals surface area contributed by atoms with Crippen molar-refractivity contribution in [1.82, 2.24) is 5.32 Å². The molecule has 4 nitrogen and oxygen atoms in total. The predicted octanol–water partition coefficient (Wildman–Crippen LogP) is 2.22. The van der Waals surface area contributed by atoms with Gasteiger partial charge < -0.3 is 10.1 Å². The van der Waals surface area contributed by atoms with E-state index >= 15 is 0 Å². The molecule has 0 saturated heterocycles. The normalized spacial score (nSPS) is 12.7. The summed E-state index contributed by atoms with van der Waals surface area (Å²) in [7, 11) is 1.15. The van der Waals surface area contributed by atoms with Crippen molar-refractivity contribution < 1.29 is 27.5 Å². The molecule has 1 aromatic carbocycles. The number of hydrogen-bond acceptors (Lipinski definition) is 3. The van der Waals surface area contributed by atoms with Gasteiger partial charge >= 0.3 is 12.1 Å². The number of methoxy groups -OCH3 is 1. The second-order valence-electron chi connectivity index (χ2n) is 3.78. The minimum absolute atomic E-state index is 0.0340. The third-order valence-electron chi connectivity index (χ3n) is 2.37. The van der Waals surface area contributed by atoms with Crippen molar-refractivity contribution in [1.29, 1.82) is 0 Å². The molecule has 20 heavy (non-hydrogen) atoms. The number of esters is 1. The highest BCUT2D eigenvalue weighted by Crippen LogP contribution is 2.29. The molecule has 0 aliphatic rings. The van der Waals surface area contributed by atoms with Gasteiger partial charge in [-0.15, -0.1) is 11.6 Å². The fraction of sp³-hybridized carbons (Fsp3) is 0.333. The Labute approximate surface area is 117 Å². The first-order chi connectivity index (χ1) is 9.25. The number of halogens is 4. The lowest BCUT2D eigenvalue weighted by Crippen LogP contribution is -2.34. The number of nitrogens with one attached hydrogen (secondary N) is 1. The molecule has 0 radical (unpaired) electrons. The van der Waals surface area contributed by atoms with Crippen LogP contribution in [0.25, 0.3) is 0 Å². The third-order valence-corrected chi connectivity index (χ3v) is 2.71. The van der Waals surface area contributed by atoms with Crippen molar-refractivity contribution in [2.75, 3.05) is 13.7 Å². The lowest BCUT2D eigenvalue weighted by molar-refractivity contribution is -0.140. The van der Waals surface area contributed by atoms with Crippen LogP contribution in [-0.4, -0.2) is 30.9 Å². The molecule has 1 unspecified atom stereocenters. The third kappa shape index (κ3) is 4.41. The van der Waals surface area contributed by atoms with Gasteiger partial charge in [-0.25, -0.2) is 0 Å². The van der Waals surface area contributed by atoms with Crippen LogP contribution in [0.4, 0.5) is 13.2 Å². The van der Waals surface area contributed by atoms with Crippen LogP contribution in [0.5, 0.6) is 0 Å². The molecule has 0 fully saturated rings. The molecule has 1 rings (SSSR count). The zero-order valence-electron chi connectivity index (χ0n) is 10.3. The number of rotatable bonds is 4. The largest absolute Gasteiger partial charge is 0.468 e. The van der Waals surface area contributed by atoms with E-state index in [1.165, 1.54) is 0 Å². The maximum absolute atomic E-state index is 12.3.